The number of ether oxygens (including phenoxy) is 1. The second-order valence-corrected chi connectivity index (χ2v) is 5.74. The van der Waals surface area contributed by atoms with E-state index in [1.54, 1.807) is 25.3 Å². The van der Waals surface area contributed by atoms with Gasteiger partial charge >= 0.3 is 0 Å². The Labute approximate surface area is 123 Å². The van der Waals surface area contributed by atoms with Crippen molar-refractivity contribution in [3.8, 4) is 0 Å². The van der Waals surface area contributed by atoms with Gasteiger partial charge in [0.2, 0.25) is 0 Å². The van der Waals surface area contributed by atoms with E-state index in [1.165, 1.54) is 0 Å². The van der Waals surface area contributed by atoms with E-state index >= 15 is 0 Å². The van der Waals surface area contributed by atoms with Crippen LogP contribution in [0.15, 0.2) is 18.2 Å². The maximum atomic E-state index is 12.2. The molecule has 5 heteroatoms. The van der Waals surface area contributed by atoms with Crippen LogP contribution in [0.5, 0.6) is 0 Å². The lowest BCUT2D eigenvalue weighted by atomic mass is 10.1. The van der Waals surface area contributed by atoms with Gasteiger partial charge in [-0.1, -0.05) is 23.2 Å². The molecule has 0 radical (unpaired) electrons. The summed E-state index contributed by atoms with van der Waals surface area (Å²) in [6, 6.07) is 4.98. The molecule has 1 aliphatic heterocycles. The lowest BCUT2D eigenvalue weighted by Crippen LogP contribution is -2.28. The molecule has 2 rings (SSSR count). The fourth-order valence-electron chi connectivity index (χ4n) is 2.43. The third kappa shape index (κ3) is 3.93. The van der Waals surface area contributed by atoms with Crippen LogP contribution in [0.25, 0.3) is 0 Å². The Morgan fingerprint density at radius 1 is 1.47 bits per heavy atom. The van der Waals surface area contributed by atoms with E-state index in [1.807, 2.05) is 0 Å². The average Bonchev–Trinajstić information content (AvgIpc) is 2.80. The normalized spacial score (nSPS) is 19.8. The van der Waals surface area contributed by atoms with Gasteiger partial charge in [0.15, 0.2) is 5.78 Å². The van der Waals surface area contributed by atoms with Crippen LogP contribution in [0.4, 0.5) is 0 Å². The van der Waals surface area contributed by atoms with E-state index in [-0.39, 0.29) is 5.78 Å². The van der Waals surface area contributed by atoms with Crippen LogP contribution in [-0.4, -0.2) is 44.0 Å². The molecule has 0 aromatic heterocycles. The predicted molar refractivity (Wildman–Crippen MR) is 77.2 cm³/mol. The SMILES string of the molecule is COCC1CCN(CC(=O)c2cc(Cl)ccc2Cl)C1. The molecule has 0 spiro atoms. The molecule has 1 heterocycles. The summed E-state index contributed by atoms with van der Waals surface area (Å²) in [5.41, 5.74) is 0.504. The number of hydrogen-bond donors (Lipinski definition) is 0. The molecule has 19 heavy (non-hydrogen) atoms. The van der Waals surface area contributed by atoms with Crippen LogP contribution in [0.3, 0.4) is 0 Å². The molecule has 0 saturated carbocycles. The number of carbonyl (C=O) groups excluding carboxylic acids is 1. The molecule has 1 unspecified atom stereocenters. The van der Waals surface area contributed by atoms with Gasteiger partial charge in [-0.25, -0.2) is 0 Å². The number of hydrogen-bond acceptors (Lipinski definition) is 3. The minimum atomic E-state index is 0.0190. The summed E-state index contributed by atoms with van der Waals surface area (Å²) >= 11 is 11.9. The number of nitrogens with zero attached hydrogens (tertiary/aromatic N) is 1. The monoisotopic (exact) mass is 301 g/mol. The van der Waals surface area contributed by atoms with E-state index in [4.69, 9.17) is 27.9 Å². The highest BCUT2D eigenvalue weighted by Gasteiger charge is 2.24. The lowest BCUT2D eigenvalue weighted by Gasteiger charge is -2.15. The molecule has 1 atom stereocenters. The minimum Gasteiger partial charge on any atom is -0.384 e. The fourth-order valence-corrected chi connectivity index (χ4v) is 2.82. The quantitative estimate of drug-likeness (QED) is 0.783. The summed E-state index contributed by atoms with van der Waals surface area (Å²) in [7, 11) is 1.71. The van der Waals surface area contributed by atoms with Crippen molar-refractivity contribution in [2.45, 2.75) is 6.42 Å². The van der Waals surface area contributed by atoms with Crippen molar-refractivity contribution in [1.82, 2.24) is 4.90 Å². The number of likely N-dealkylation sites (tertiary alicyclic amines) is 1. The van der Waals surface area contributed by atoms with Crippen molar-refractivity contribution in [3.63, 3.8) is 0 Å². The molecule has 0 aliphatic carbocycles. The Morgan fingerprint density at radius 2 is 2.26 bits per heavy atom. The standard InChI is InChI=1S/C14H17Cl2NO2/c1-19-9-10-4-5-17(7-10)8-14(18)12-6-11(15)2-3-13(12)16/h2-3,6,10H,4-5,7-9H2,1H3. The largest absolute Gasteiger partial charge is 0.384 e. The Balaban J connectivity index is 1.96. The van der Waals surface area contributed by atoms with Crippen molar-refractivity contribution in [1.29, 1.82) is 0 Å². The van der Waals surface area contributed by atoms with Gasteiger partial charge in [-0.2, -0.15) is 0 Å². The lowest BCUT2D eigenvalue weighted by molar-refractivity contribution is 0.0937. The maximum Gasteiger partial charge on any atom is 0.178 e. The Morgan fingerprint density at radius 3 is 3.00 bits per heavy atom. The molecular formula is C14H17Cl2NO2. The highest BCUT2D eigenvalue weighted by Crippen LogP contribution is 2.22. The van der Waals surface area contributed by atoms with Crippen molar-refractivity contribution in [2.24, 2.45) is 5.92 Å². The highest BCUT2D eigenvalue weighted by atomic mass is 35.5. The number of ketones is 1. The van der Waals surface area contributed by atoms with Crippen molar-refractivity contribution >= 4 is 29.0 Å². The molecular weight excluding hydrogens is 285 g/mol. The van der Waals surface area contributed by atoms with Crippen LogP contribution in [0.2, 0.25) is 10.0 Å². The number of halogens is 2. The average molecular weight is 302 g/mol. The number of rotatable bonds is 5. The van der Waals surface area contributed by atoms with E-state index < -0.39 is 0 Å². The third-order valence-electron chi connectivity index (χ3n) is 3.37. The molecule has 1 aliphatic rings. The first-order valence-corrected chi connectivity index (χ1v) is 7.05. The zero-order valence-corrected chi connectivity index (χ0v) is 12.4. The molecule has 1 aromatic rings. The number of carbonyl (C=O) groups is 1. The minimum absolute atomic E-state index is 0.0190. The number of methoxy groups -OCH3 is 1. The summed E-state index contributed by atoms with van der Waals surface area (Å²) in [5, 5.41) is 0.994. The molecule has 104 valence electrons. The van der Waals surface area contributed by atoms with Gasteiger partial charge < -0.3 is 4.74 Å². The van der Waals surface area contributed by atoms with E-state index in [2.05, 4.69) is 4.90 Å². The summed E-state index contributed by atoms with van der Waals surface area (Å²) in [5.74, 6) is 0.540. The van der Waals surface area contributed by atoms with Crippen LogP contribution >= 0.6 is 23.2 Å². The molecule has 1 aromatic carbocycles. The van der Waals surface area contributed by atoms with Gasteiger partial charge in [-0.15, -0.1) is 0 Å². The van der Waals surface area contributed by atoms with Gasteiger partial charge in [-0.3, -0.25) is 9.69 Å². The zero-order chi connectivity index (χ0) is 13.8. The summed E-state index contributed by atoms with van der Waals surface area (Å²) in [6.45, 7) is 2.97. The Hall–Kier alpha value is -0.610. The first-order chi connectivity index (χ1) is 9.10. The molecule has 0 N–H and O–H groups in total. The van der Waals surface area contributed by atoms with Crippen LogP contribution in [0, 0.1) is 5.92 Å². The van der Waals surface area contributed by atoms with Gasteiger partial charge in [0.05, 0.1) is 18.2 Å². The second kappa shape index (κ2) is 6.71. The van der Waals surface area contributed by atoms with Gasteiger partial charge in [0.25, 0.3) is 0 Å². The topological polar surface area (TPSA) is 29.5 Å². The predicted octanol–water partition coefficient (Wildman–Crippen LogP) is 3.14. The summed E-state index contributed by atoms with van der Waals surface area (Å²) in [6.07, 6.45) is 1.07. The van der Waals surface area contributed by atoms with E-state index in [9.17, 15) is 4.79 Å². The Kier molecular flexibility index (Phi) is 5.22. The Bertz CT molecular complexity index is 465. The summed E-state index contributed by atoms with van der Waals surface area (Å²) in [4.78, 5) is 14.4. The molecule has 1 fully saturated rings. The highest BCUT2D eigenvalue weighted by molar-refractivity contribution is 6.36. The van der Waals surface area contributed by atoms with Crippen LogP contribution < -0.4 is 0 Å². The first kappa shape index (κ1) is 14.8. The van der Waals surface area contributed by atoms with Gasteiger partial charge in [-0.05, 0) is 37.1 Å². The summed E-state index contributed by atoms with van der Waals surface area (Å²) < 4.78 is 5.15. The third-order valence-corrected chi connectivity index (χ3v) is 3.93. The van der Waals surface area contributed by atoms with Crippen molar-refractivity contribution in [2.75, 3.05) is 33.4 Å². The maximum absolute atomic E-state index is 12.2. The smallest absolute Gasteiger partial charge is 0.178 e. The molecule has 1 saturated heterocycles. The van der Waals surface area contributed by atoms with Crippen LogP contribution in [-0.2, 0) is 4.74 Å². The van der Waals surface area contributed by atoms with Gasteiger partial charge in [0, 0.05) is 24.2 Å². The zero-order valence-electron chi connectivity index (χ0n) is 10.9. The number of Topliss-reactive ketones (excluding diaryl/α,β-unsaturated/α-hetero) is 1. The second-order valence-electron chi connectivity index (χ2n) is 4.89. The number of benzene rings is 1. The molecule has 3 nitrogen and oxygen atoms in total. The molecule has 0 bridgehead atoms. The van der Waals surface area contributed by atoms with E-state index in [0.717, 1.165) is 26.1 Å². The van der Waals surface area contributed by atoms with Gasteiger partial charge in [0.1, 0.15) is 0 Å². The fraction of sp³-hybridized carbons (Fsp3) is 0.500. The van der Waals surface area contributed by atoms with E-state index in [0.29, 0.717) is 28.1 Å². The van der Waals surface area contributed by atoms with Crippen molar-refractivity contribution < 1.29 is 9.53 Å². The van der Waals surface area contributed by atoms with Crippen LogP contribution in [0.1, 0.15) is 16.8 Å². The first-order valence-electron chi connectivity index (χ1n) is 6.29. The van der Waals surface area contributed by atoms with Crippen molar-refractivity contribution in [3.05, 3.63) is 33.8 Å². The molecule has 0 amide bonds.